The normalized spacial score (nSPS) is 9.83. The fourth-order valence-corrected chi connectivity index (χ4v) is 1.63. The fourth-order valence-electron chi connectivity index (χ4n) is 1.63. The molecule has 0 bridgehead atoms. The predicted molar refractivity (Wildman–Crippen MR) is 82.0 cm³/mol. The number of hydrogen-bond donors (Lipinski definition) is 2. The van der Waals surface area contributed by atoms with Crippen molar-refractivity contribution < 1.29 is 28.3 Å². The maximum Gasteiger partial charge on any atom is 0.344 e. The molecule has 24 heavy (non-hydrogen) atoms. The van der Waals surface area contributed by atoms with E-state index in [0.29, 0.717) is 11.5 Å². The average Bonchev–Trinajstić information content (AvgIpc) is 3.11. The molecule has 0 aliphatic heterocycles. The Morgan fingerprint density at radius 1 is 1.00 bits per heavy atom. The first-order valence-electron chi connectivity index (χ1n) is 7.07. The monoisotopic (exact) mass is 332 g/mol. The van der Waals surface area contributed by atoms with E-state index in [1.54, 1.807) is 36.4 Å². The summed E-state index contributed by atoms with van der Waals surface area (Å²) >= 11 is 0. The summed E-state index contributed by atoms with van der Waals surface area (Å²) in [6.45, 7) is -0.774. The fraction of sp³-hybridized carbons (Fsp3) is 0.188. The third-order valence-corrected chi connectivity index (χ3v) is 2.72. The molecule has 2 N–H and O–H groups in total. The van der Waals surface area contributed by atoms with Crippen molar-refractivity contribution in [2.24, 2.45) is 0 Å². The number of amides is 3. The number of urea groups is 1. The zero-order valence-corrected chi connectivity index (χ0v) is 12.7. The second-order valence-corrected chi connectivity index (χ2v) is 4.57. The van der Waals surface area contributed by atoms with Crippen LogP contribution < -0.4 is 15.4 Å². The van der Waals surface area contributed by atoms with Gasteiger partial charge in [-0.3, -0.25) is 10.1 Å². The third kappa shape index (κ3) is 6.22. The van der Waals surface area contributed by atoms with Crippen LogP contribution in [-0.4, -0.2) is 31.1 Å². The molecule has 0 aliphatic carbocycles. The van der Waals surface area contributed by atoms with Crippen LogP contribution in [0.25, 0.3) is 0 Å². The molecule has 0 fully saturated rings. The second kappa shape index (κ2) is 8.99. The van der Waals surface area contributed by atoms with E-state index in [4.69, 9.17) is 13.9 Å². The largest absolute Gasteiger partial charge is 0.482 e. The molecule has 8 heteroatoms. The third-order valence-electron chi connectivity index (χ3n) is 2.72. The zero-order valence-electron chi connectivity index (χ0n) is 12.7. The average molecular weight is 332 g/mol. The van der Waals surface area contributed by atoms with Crippen LogP contribution in [-0.2, 0) is 20.9 Å². The Bertz CT molecular complexity index is 669. The van der Waals surface area contributed by atoms with Gasteiger partial charge in [-0.2, -0.15) is 0 Å². The van der Waals surface area contributed by atoms with E-state index in [-0.39, 0.29) is 13.2 Å². The first-order valence-corrected chi connectivity index (χ1v) is 7.07. The van der Waals surface area contributed by atoms with Gasteiger partial charge in [0.25, 0.3) is 5.91 Å². The number of furan rings is 1. The molecule has 2 rings (SSSR count). The molecule has 0 radical (unpaired) electrons. The number of benzene rings is 1. The van der Waals surface area contributed by atoms with E-state index in [1.165, 1.54) is 6.26 Å². The van der Waals surface area contributed by atoms with Crippen molar-refractivity contribution in [3.05, 3.63) is 54.5 Å². The number of ether oxygens (including phenoxy) is 2. The minimum atomic E-state index is -0.750. The van der Waals surface area contributed by atoms with Crippen LogP contribution in [0.15, 0.2) is 53.1 Å². The van der Waals surface area contributed by atoms with Gasteiger partial charge in [0.05, 0.1) is 12.8 Å². The van der Waals surface area contributed by atoms with Crippen molar-refractivity contribution in [3.8, 4) is 5.75 Å². The summed E-state index contributed by atoms with van der Waals surface area (Å²) in [6, 6.07) is 11.3. The number of hydrogen-bond acceptors (Lipinski definition) is 6. The molecule has 0 saturated heterocycles. The maximum absolute atomic E-state index is 11.5. The molecule has 2 aromatic rings. The van der Waals surface area contributed by atoms with Gasteiger partial charge < -0.3 is 19.2 Å². The molecular formula is C16H16N2O6. The molecule has 8 nitrogen and oxygen atoms in total. The highest BCUT2D eigenvalue weighted by Gasteiger charge is 2.11. The van der Waals surface area contributed by atoms with Crippen molar-refractivity contribution in [1.29, 1.82) is 0 Å². The summed E-state index contributed by atoms with van der Waals surface area (Å²) in [6.07, 6.45) is 1.47. The van der Waals surface area contributed by atoms with Crippen LogP contribution in [0, 0.1) is 0 Å². The van der Waals surface area contributed by atoms with Crippen LogP contribution in [0.1, 0.15) is 5.76 Å². The lowest BCUT2D eigenvalue weighted by molar-refractivity contribution is -0.150. The van der Waals surface area contributed by atoms with E-state index in [0.717, 1.165) is 0 Å². The first kappa shape index (κ1) is 17.1. The van der Waals surface area contributed by atoms with E-state index in [9.17, 15) is 14.4 Å². The lowest BCUT2D eigenvalue weighted by Crippen LogP contribution is -2.41. The number of carbonyl (C=O) groups excluding carboxylic acids is 3. The number of nitrogens with one attached hydrogen (secondary N) is 2. The van der Waals surface area contributed by atoms with Gasteiger partial charge in [0.1, 0.15) is 11.5 Å². The Labute approximate surface area is 137 Å². The van der Waals surface area contributed by atoms with Gasteiger partial charge in [-0.25, -0.2) is 9.59 Å². The van der Waals surface area contributed by atoms with Gasteiger partial charge in [0, 0.05) is 0 Å². The lowest BCUT2D eigenvalue weighted by Gasteiger charge is -2.07. The zero-order chi connectivity index (χ0) is 17.2. The Hall–Kier alpha value is -3.29. The summed E-state index contributed by atoms with van der Waals surface area (Å²) in [5, 5.41) is 4.44. The van der Waals surface area contributed by atoms with Crippen LogP contribution in [0.2, 0.25) is 0 Å². The van der Waals surface area contributed by atoms with E-state index >= 15 is 0 Å². The highest BCUT2D eigenvalue weighted by atomic mass is 16.6. The number of para-hydroxylation sites is 1. The molecule has 1 heterocycles. The Morgan fingerprint density at radius 2 is 1.79 bits per heavy atom. The molecule has 126 valence electrons. The van der Waals surface area contributed by atoms with Crippen LogP contribution in [0.4, 0.5) is 4.79 Å². The number of rotatable bonds is 7. The summed E-state index contributed by atoms with van der Waals surface area (Å²) in [5.41, 5.74) is 0. The molecular weight excluding hydrogens is 316 g/mol. The molecule has 1 aromatic heterocycles. The standard InChI is InChI=1S/C16H16N2O6/c19-14(18-16(21)17-9-13-7-4-8-22-13)10-24-15(20)11-23-12-5-2-1-3-6-12/h1-8H,9-11H2,(H2,17,18,19,21). The van der Waals surface area contributed by atoms with Crippen LogP contribution in [0.5, 0.6) is 5.75 Å². The Balaban J connectivity index is 1.59. The number of imide groups is 1. The number of carbonyl (C=O) groups is 3. The minimum absolute atomic E-state index is 0.136. The van der Waals surface area contributed by atoms with Crippen molar-refractivity contribution in [1.82, 2.24) is 10.6 Å². The summed E-state index contributed by atoms with van der Waals surface area (Å²) in [7, 11) is 0. The second-order valence-electron chi connectivity index (χ2n) is 4.57. The quantitative estimate of drug-likeness (QED) is 0.739. The van der Waals surface area contributed by atoms with Crippen LogP contribution in [0.3, 0.4) is 0 Å². The summed E-state index contributed by atoms with van der Waals surface area (Å²) in [4.78, 5) is 34.4. The SMILES string of the molecule is O=C(COC(=O)COc1ccccc1)NC(=O)NCc1ccco1. The maximum atomic E-state index is 11.5. The molecule has 0 spiro atoms. The lowest BCUT2D eigenvalue weighted by atomic mass is 10.3. The van der Waals surface area contributed by atoms with Crippen LogP contribution >= 0.6 is 0 Å². The Morgan fingerprint density at radius 3 is 2.50 bits per heavy atom. The number of esters is 1. The van der Waals surface area contributed by atoms with Gasteiger partial charge in [-0.05, 0) is 24.3 Å². The minimum Gasteiger partial charge on any atom is -0.482 e. The van der Waals surface area contributed by atoms with E-state index in [1.807, 2.05) is 11.4 Å². The van der Waals surface area contributed by atoms with Gasteiger partial charge in [-0.1, -0.05) is 18.2 Å². The first-order chi connectivity index (χ1) is 11.6. The summed E-state index contributed by atoms with van der Waals surface area (Å²) in [5.74, 6) is -0.414. The van der Waals surface area contributed by atoms with Crippen molar-refractivity contribution in [3.63, 3.8) is 0 Å². The molecule has 1 aromatic carbocycles. The van der Waals surface area contributed by atoms with Gasteiger partial charge >= 0.3 is 12.0 Å². The Kier molecular flexibility index (Phi) is 6.39. The molecule has 0 aliphatic rings. The topological polar surface area (TPSA) is 107 Å². The van der Waals surface area contributed by atoms with Gasteiger partial charge in [0.15, 0.2) is 13.2 Å². The highest BCUT2D eigenvalue weighted by Crippen LogP contribution is 2.07. The van der Waals surface area contributed by atoms with Gasteiger partial charge in [0.2, 0.25) is 0 Å². The molecule has 0 saturated carbocycles. The van der Waals surface area contributed by atoms with Gasteiger partial charge in [-0.15, -0.1) is 0 Å². The van der Waals surface area contributed by atoms with Crippen molar-refractivity contribution in [2.75, 3.05) is 13.2 Å². The highest BCUT2D eigenvalue weighted by molar-refractivity contribution is 5.95. The molecule has 3 amide bonds. The molecule has 0 atom stereocenters. The summed E-state index contributed by atoms with van der Waals surface area (Å²) < 4.78 is 14.9. The smallest absolute Gasteiger partial charge is 0.344 e. The van der Waals surface area contributed by atoms with Crippen molar-refractivity contribution >= 4 is 17.9 Å². The van der Waals surface area contributed by atoms with E-state index < -0.39 is 24.5 Å². The van der Waals surface area contributed by atoms with Crippen molar-refractivity contribution in [2.45, 2.75) is 6.54 Å². The molecule has 0 unspecified atom stereocenters. The predicted octanol–water partition coefficient (Wildman–Crippen LogP) is 1.23. The van der Waals surface area contributed by atoms with E-state index in [2.05, 4.69) is 5.32 Å².